The van der Waals surface area contributed by atoms with Crippen molar-refractivity contribution < 1.29 is 18.0 Å². The molecule has 1 N–H and O–H groups in total. The molecule has 0 unspecified atom stereocenters. The van der Waals surface area contributed by atoms with Gasteiger partial charge in [-0.05, 0) is 37.3 Å². The van der Waals surface area contributed by atoms with Gasteiger partial charge < -0.3 is 9.88 Å². The van der Waals surface area contributed by atoms with E-state index >= 15 is 0 Å². The molecule has 0 atom stereocenters. The number of aromatic nitrogens is 2. The molecule has 1 heterocycles. The molecule has 0 aliphatic heterocycles. The van der Waals surface area contributed by atoms with Crippen molar-refractivity contribution in [2.45, 2.75) is 6.92 Å². The molecule has 7 heteroatoms. The summed E-state index contributed by atoms with van der Waals surface area (Å²) in [7, 11) is 1.86. The Balaban J connectivity index is 1.93. The summed E-state index contributed by atoms with van der Waals surface area (Å²) in [6.45, 7) is 1.84. The van der Waals surface area contributed by atoms with E-state index in [1.165, 1.54) is 0 Å². The third-order valence-corrected chi connectivity index (χ3v) is 3.64. The Morgan fingerprint density at radius 1 is 1.13 bits per heavy atom. The van der Waals surface area contributed by atoms with E-state index < -0.39 is 28.9 Å². The molecule has 23 heavy (non-hydrogen) atoms. The lowest BCUT2D eigenvalue weighted by molar-refractivity contribution is 0.102. The highest BCUT2D eigenvalue weighted by molar-refractivity contribution is 6.05. The average Bonchev–Trinajstić information content (AvgIpc) is 2.79. The minimum atomic E-state index is -1.67. The first-order chi connectivity index (χ1) is 10.9. The number of aryl methyl sites for hydroxylation is 2. The number of anilines is 1. The van der Waals surface area contributed by atoms with Crippen molar-refractivity contribution in [1.82, 2.24) is 9.55 Å². The van der Waals surface area contributed by atoms with Crippen molar-refractivity contribution in [3.8, 4) is 0 Å². The van der Waals surface area contributed by atoms with Gasteiger partial charge in [-0.1, -0.05) is 0 Å². The second-order valence-electron chi connectivity index (χ2n) is 5.10. The number of rotatable bonds is 2. The summed E-state index contributed by atoms with van der Waals surface area (Å²) in [6, 6.07) is 6.61. The molecule has 0 bridgehead atoms. The van der Waals surface area contributed by atoms with Gasteiger partial charge in [0, 0.05) is 12.7 Å². The van der Waals surface area contributed by atoms with Crippen molar-refractivity contribution in [2.24, 2.45) is 7.05 Å². The zero-order valence-corrected chi connectivity index (χ0v) is 12.3. The van der Waals surface area contributed by atoms with E-state index in [2.05, 4.69) is 10.3 Å². The van der Waals surface area contributed by atoms with Gasteiger partial charge in [0.2, 0.25) is 0 Å². The maximum atomic E-state index is 13.6. The Morgan fingerprint density at radius 2 is 1.87 bits per heavy atom. The topological polar surface area (TPSA) is 46.9 Å². The van der Waals surface area contributed by atoms with Crippen LogP contribution in [-0.2, 0) is 7.05 Å². The van der Waals surface area contributed by atoms with Crippen LogP contribution in [0.5, 0.6) is 0 Å². The van der Waals surface area contributed by atoms with Gasteiger partial charge in [-0.2, -0.15) is 0 Å². The molecule has 1 aromatic heterocycles. The molecular formula is C16H12F3N3O. The van der Waals surface area contributed by atoms with E-state index in [9.17, 15) is 18.0 Å². The number of carbonyl (C=O) groups is 1. The quantitative estimate of drug-likeness (QED) is 0.734. The molecule has 3 rings (SSSR count). The van der Waals surface area contributed by atoms with Gasteiger partial charge >= 0.3 is 0 Å². The first kappa shape index (κ1) is 15.1. The fourth-order valence-corrected chi connectivity index (χ4v) is 2.30. The van der Waals surface area contributed by atoms with Gasteiger partial charge in [0.25, 0.3) is 5.91 Å². The van der Waals surface area contributed by atoms with E-state index in [0.717, 1.165) is 17.4 Å². The van der Waals surface area contributed by atoms with Crippen LogP contribution >= 0.6 is 0 Å². The summed E-state index contributed by atoms with van der Waals surface area (Å²) in [5.41, 5.74) is 1.35. The van der Waals surface area contributed by atoms with Gasteiger partial charge in [-0.3, -0.25) is 4.79 Å². The number of hydrogen-bond donors (Lipinski definition) is 1. The summed E-state index contributed by atoms with van der Waals surface area (Å²) in [6.07, 6.45) is 0. The van der Waals surface area contributed by atoms with Crippen LogP contribution in [0.25, 0.3) is 11.0 Å². The standard InChI is InChI=1S/C16H12F3N3O/c1-8-20-12-7-9(3-6-13(12)22(8)2)21-16(23)10-4-5-11(17)15(19)14(10)18/h3-7H,1-2H3,(H,21,23). The molecule has 2 aromatic carbocycles. The van der Waals surface area contributed by atoms with E-state index in [1.54, 1.807) is 18.2 Å². The van der Waals surface area contributed by atoms with Crippen LogP contribution in [0.4, 0.5) is 18.9 Å². The minimum absolute atomic E-state index is 0.379. The van der Waals surface area contributed by atoms with Crippen molar-refractivity contribution in [3.63, 3.8) is 0 Å². The van der Waals surface area contributed by atoms with Crippen molar-refractivity contribution in [3.05, 3.63) is 59.2 Å². The predicted molar refractivity (Wildman–Crippen MR) is 79.7 cm³/mol. The van der Waals surface area contributed by atoms with Crippen LogP contribution in [0.1, 0.15) is 16.2 Å². The molecule has 0 saturated carbocycles. The Bertz CT molecular complexity index is 934. The SMILES string of the molecule is Cc1nc2cc(NC(=O)c3ccc(F)c(F)c3F)ccc2n1C. The first-order valence-corrected chi connectivity index (χ1v) is 6.76. The lowest BCUT2D eigenvalue weighted by Crippen LogP contribution is -2.15. The van der Waals surface area contributed by atoms with E-state index in [4.69, 9.17) is 0 Å². The van der Waals surface area contributed by atoms with Gasteiger partial charge in [0.05, 0.1) is 16.6 Å². The van der Waals surface area contributed by atoms with Gasteiger partial charge in [0.15, 0.2) is 17.5 Å². The Kier molecular flexibility index (Phi) is 3.55. The number of hydrogen-bond acceptors (Lipinski definition) is 2. The highest BCUT2D eigenvalue weighted by atomic mass is 19.2. The molecule has 0 fully saturated rings. The number of imidazole rings is 1. The Labute approximate surface area is 129 Å². The second kappa shape index (κ2) is 5.42. The fraction of sp³-hybridized carbons (Fsp3) is 0.125. The van der Waals surface area contributed by atoms with Crippen molar-refractivity contribution in [1.29, 1.82) is 0 Å². The summed E-state index contributed by atoms with van der Waals surface area (Å²) in [5.74, 6) is -4.60. The molecule has 0 aliphatic carbocycles. The largest absolute Gasteiger partial charge is 0.331 e. The summed E-state index contributed by atoms with van der Waals surface area (Å²) in [4.78, 5) is 16.4. The average molecular weight is 319 g/mol. The van der Waals surface area contributed by atoms with E-state index in [-0.39, 0.29) is 0 Å². The summed E-state index contributed by atoms with van der Waals surface area (Å²) in [5, 5.41) is 2.45. The second-order valence-corrected chi connectivity index (χ2v) is 5.10. The summed E-state index contributed by atoms with van der Waals surface area (Å²) < 4.78 is 41.6. The van der Waals surface area contributed by atoms with Crippen LogP contribution in [0, 0.1) is 24.4 Å². The fourth-order valence-electron chi connectivity index (χ4n) is 2.30. The lowest BCUT2D eigenvalue weighted by Gasteiger charge is -2.07. The highest BCUT2D eigenvalue weighted by Gasteiger charge is 2.19. The zero-order valence-electron chi connectivity index (χ0n) is 12.3. The molecule has 0 spiro atoms. The van der Waals surface area contributed by atoms with Gasteiger partial charge in [0.1, 0.15) is 5.82 Å². The minimum Gasteiger partial charge on any atom is -0.331 e. The van der Waals surface area contributed by atoms with Crippen LogP contribution in [0.15, 0.2) is 30.3 Å². The van der Waals surface area contributed by atoms with Crippen LogP contribution in [0.2, 0.25) is 0 Å². The van der Waals surface area contributed by atoms with Gasteiger partial charge in [-0.25, -0.2) is 18.2 Å². The first-order valence-electron chi connectivity index (χ1n) is 6.76. The number of amides is 1. The van der Waals surface area contributed by atoms with E-state index in [0.29, 0.717) is 17.3 Å². The third kappa shape index (κ3) is 2.54. The van der Waals surface area contributed by atoms with Gasteiger partial charge in [-0.15, -0.1) is 0 Å². The number of nitrogens with zero attached hydrogens (tertiary/aromatic N) is 2. The maximum Gasteiger partial charge on any atom is 0.258 e. The molecule has 0 saturated heterocycles. The Morgan fingerprint density at radius 3 is 2.61 bits per heavy atom. The molecular weight excluding hydrogens is 307 g/mol. The van der Waals surface area contributed by atoms with Crippen LogP contribution < -0.4 is 5.32 Å². The predicted octanol–water partition coefficient (Wildman–Crippen LogP) is 3.55. The highest BCUT2D eigenvalue weighted by Crippen LogP contribution is 2.21. The lowest BCUT2D eigenvalue weighted by atomic mass is 10.1. The third-order valence-electron chi connectivity index (χ3n) is 3.64. The maximum absolute atomic E-state index is 13.6. The van der Waals surface area contributed by atoms with Crippen molar-refractivity contribution in [2.75, 3.05) is 5.32 Å². The number of carbonyl (C=O) groups excluding carboxylic acids is 1. The van der Waals surface area contributed by atoms with Crippen LogP contribution in [-0.4, -0.2) is 15.5 Å². The molecule has 3 aromatic rings. The molecule has 4 nitrogen and oxygen atoms in total. The smallest absolute Gasteiger partial charge is 0.258 e. The number of fused-ring (bicyclic) bond motifs is 1. The molecule has 118 valence electrons. The zero-order chi connectivity index (χ0) is 16.7. The van der Waals surface area contributed by atoms with Crippen molar-refractivity contribution >= 4 is 22.6 Å². The molecule has 1 amide bonds. The van der Waals surface area contributed by atoms with E-state index in [1.807, 2.05) is 18.5 Å². The van der Waals surface area contributed by atoms with Crippen LogP contribution in [0.3, 0.4) is 0 Å². The normalized spacial score (nSPS) is 11.0. The summed E-state index contributed by atoms with van der Waals surface area (Å²) >= 11 is 0. The number of benzene rings is 2. The molecule has 0 aliphatic rings. The Hall–Kier alpha value is -2.83. The number of nitrogens with one attached hydrogen (secondary N) is 1. The monoisotopic (exact) mass is 319 g/mol. The molecule has 0 radical (unpaired) electrons. The number of halogens is 3.